The minimum absolute atomic E-state index is 0.0193. The number of hydrogen-bond donors (Lipinski definition) is 3. The van der Waals surface area contributed by atoms with Crippen LogP contribution in [0.2, 0.25) is 0 Å². The Labute approximate surface area is 150 Å². The summed E-state index contributed by atoms with van der Waals surface area (Å²) in [5.41, 5.74) is 0.293. The average Bonchev–Trinajstić information content (AvgIpc) is 3.04. The molecule has 0 unspecified atom stereocenters. The normalized spacial score (nSPS) is 19.9. The van der Waals surface area contributed by atoms with Crippen LogP contribution in [0, 0.1) is 5.92 Å². The van der Waals surface area contributed by atoms with Crippen molar-refractivity contribution < 1.29 is 24.2 Å². The number of carbonyl (C=O) groups is 3. The van der Waals surface area contributed by atoms with Gasteiger partial charge in [0.25, 0.3) is 0 Å². The lowest BCUT2D eigenvalue weighted by Gasteiger charge is -2.26. The summed E-state index contributed by atoms with van der Waals surface area (Å²) in [7, 11) is 0. The van der Waals surface area contributed by atoms with Crippen molar-refractivity contribution in [3.05, 3.63) is 16.1 Å². The maximum Gasteiger partial charge on any atom is 0.357 e. The topological polar surface area (TPSA) is 118 Å². The first-order valence-corrected chi connectivity index (χ1v) is 9.26. The number of aromatic nitrogens is 1. The van der Waals surface area contributed by atoms with Crippen LogP contribution in [0.5, 0.6) is 0 Å². The second-order valence-corrected chi connectivity index (χ2v) is 6.83. The Kier molecular flexibility index (Phi) is 7.17. The molecule has 1 aliphatic carbocycles. The molecule has 3 N–H and O–H groups in total. The van der Waals surface area contributed by atoms with E-state index < -0.39 is 11.9 Å². The first kappa shape index (κ1) is 19.2. The Balaban J connectivity index is 1.66. The monoisotopic (exact) mass is 369 g/mol. The summed E-state index contributed by atoms with van der Waals surface area (Å²) < 4.78 is 4.88. The summed E-state index contributed by atoms with van der Waals surface area (Å²) >= 11 is 1.35. The SMILES string of the molecule is CCOC(=O)c1csc(CCNC(=O)NC2CCC(C(=O)O)CC2)n1. The molecule has 2 amide bonds. The number of carboxylic acids is 1. The summed E-state index contributed by atoms with van der Waals surface area (Å²) in [5.74, 6) is -1.49. The molecule has 2 rings (SSSR count). The molecule has 0 aromatic carbocycles. The molecule has 8 nitrogen and oxygen atoms in total. The number of nitrogens with zero attached hydrogens (tertiary/aromatic N) is 1. The number of thiazole rings is 1. The third-order valence-electron chi connectivity index (χ3n) is 4.07. The van der Waals surface area contributed by atoms with Crippen molar-refractivity contribution in [3.8, 4) is 0 Å². The number of aliphatic carboxylic acids is 1. The van der Waals surface area contributed by atoms with Crippen molar-refractivity contribution >= 4 is 29.3 Å². The van der Waals surface area contributed by atoms with E-state index in [0.29, 0.717) is 50.9 Å². The van der Waals surface area contributed by atoms with Crippen LogP contribution in [0.4, 0.5) is 4.79 Å². The fourth-order valence-electron chi connectivity index (χ4n) is 2.73. The van der Waals surface area contributed by atoms with E-state index >= 15 is 0 Å². The van der Waals surface area contributed by atoms with Crippen LogP contribution in [0.1, 0.15) is 48.1 Å². The van der Waals surface area contributed by atoms with Gasteiger partial charge in [0.15, 0.2) is 5.69 Å². The van der Waals surface area contributed by atoms with E-state index in [-0.39, 0.29) is 18.0 Å². The maximum atomic E-state index is 11.9. The molecule has 0 spiro atoms. The molecule has 0 aliphatic heterocycles. The molecule has 0 radical (unpaired) electrons. The molecule has 1 aromatic rings. The van der Waals surface area contributed by atoms with Gasteiger partial charge in [-0.15, -0.1) is 11.3 Å². The molecule has 9 heteroatoms. The van der Waals surface area contributed by atoms with Crippen LogP contribution >= 0.6 is 11.3 Å². The van der Waals surface area contributed by atoms with Crippen molar-refractivity contribution in [2.45, 2.75) is 45.1 Å². The second-order valence-electron chi connectivity index (χ2n) is 5.88. The summed E-state index contributed by atoms with van der Waals surface area (Å²) in [6.07, 6.45) is 3.08. The van der Waals surface area contributed by atoms with E-state index in [1.807, 2.05) is 0 Å². The van der Waals surface area contributed by atoms with Gasteiger partial charge in [-0.25, -0.2) is 14.6 Å². The van der Waals surface area contributed by atoms with Gasteiger partial charge in [0, 0.05) is 24.4 Å². The molecule has 0 saturated heterocycles. The van der Waals surface area contributed by atoms with Crippen LogP contribution < -0.4 is 10.6 Å². The number of nitrogens with one attached hydrogen (secondary N) is 2. The quantitative estimate of drug-likeness (QED) is 0.631. The highest BCUT2D eigenvalue weighted by Gasteiger charge is 2.26. The van der Waals surface area contributed by atoms with Gasteiger partial charge >= 0.3 is 18.0 Å². The zero-order chi connectivity index (χ0) is 18.2. The average molecular weight is 369 g/mol. The number of amides is 2. The maximum absolute atomic E-state index is 11.9. The summed E-state index contributed by atoms with van der Waals surface area (Å²) in [6, 6.07) is -0.244. The molecule has 138 valence electrons. The van der Waals surface area contributed by atoms with Crippen LogP contribution in [0.25, 0.3) is 0 Å². The van der Waals surface area contributed by atoms with Gasteiger partial charge in [-0.05, 0) is 32.6 Å². The molecule has 25 heavy (non-hydrogen) atoms. The van der Waals surface area contributed by atoms with Gasteiger partial charge in [-0.1, -0.05) is 0 Å². The van der Waals surface area contributed by atoms with Crippen molar-refractivity contribution in [2.75, 3.05) is 13.2 Å². The fraction of sp³-hybridized carbons (Fsp3) is 0.625. The van der Waals surface area contributed by atoms with Gasteiger partial charge in [0.2, 0.25) is 0 Å². The predicted octanol–water partition coefficient (Wildman–Crippen LogP) is 1.80. The van der Waals surface area contributed by atoms with Crippen LogP contribution in [0.3, 0.4) is 0 Å². The highest BCUT2D eigenvalue weighted by molar-refractivity contribution is 7.09. The highest BCUT2D eigenvalue weighted by atomic mass is 32.1. The molecule has 1 saturated carbocycles. The minimum atomic E-state index is -0.756. The van der Waals surface area contributed by atoms with Gasteiger partial charge in [0.1, 0.15) is 0 Å². The number of esters is 1. The Morgan fingerprint density at radius 1 is 1.32 bits per heavy atom. The number of urea groups is 1. The van der Waals surface area contributed by atoms with E-state index in [2.05, 4.69) is 15.6 Å². The number of hydrogen-bond acceptors (Lipinski definition) is 6. The van der Waals surface area contributed by atoms with E-state index in [1.165, 1.54) is 11.3 Å². The molecule has 1 aliphatic rings. The Morgan fingerprint density at radius 3 is 2.68 bits per heavy atom. The molecular weight excluding hydrogens is 346 g/mol. The van der Waals surface area contributed by atoms with Gasteiger partial charge in [-0.2, -0.15) is 0 Å². The summed E-state index contributed by atoms with van der Waals surface area (Å²) in [6.45, 7) is 2.45. The van der Waals surface area contributed by atoms with E-state index in [4.69, 9.17) is 9.84 Å². The number of ether oxygens (including phenoxy) is 1. The minimum Gasteiger partial charge on any atom is -0.481 e. The van der Waals surface area contributed by atoms with Crippen molar-refractivity contribution in [1.29, 1.82) is 0 Å². The summed E-state index contributed by atoms with van der Waals surface area (Å²) in [4.78, 5) is 38.5. The Bertz CT molecular complexity index is 611. The number of rotatable bonds is 7. The van der Waals surface area contributed by atoms with E-state index in [9.17, 15) is 14.4 Å². The lowest BCUT2D eigenvalue weighted by atomic mass is 9.86. The molecule has 0 atom stereocenters. The van der Waals surface area contributed by atoms with Crippen molar-refractivity contribution in [2.24, 2.45) is 5.92 Å². The zero-order valence-electron chi connectivity index (χ0n) is 14.1. The fourth-order valence-corrected chi connectivity index (χ4v) is 3.50. The third-order valence-corrected chi connectivity index (χ3v) is 4.98. The second kappa shape index (κ2) is 9.36. The van der Waals surface area contributed by atoms with Gasteiger partial charge < -0.3 is 20.5 Å². The zero-order valence-corrected chi connectivity index (χ0v) is 14.9. The van der Waals surface area contributed by atoms with Crippen molar-refractivity contribution in [3.63, 3.8) is 0 Å². The van der Waals surface area contributed by atoms with E-state index in [1.54, 1.807) is 12.3 Å². The smallest absolute Gasteiger partial charge is 0.357 e. The van der Waals surface area contributed by atoms with Crippen molar-refractivity contribution in [1.82, 2.24) is 15.6 Å². The largest absolute Gasteiger partial charge is 0.481 e. The standard InChI is InChI=1S/C16H23N3O5S/c1-2-24-15(22)12-9-25-13(19-12)7-8-17-16(23)18-11-5-3-10(4-6-11)14(20)21/h9-11H,2-8H2,1H3,(H,20,21)(H2,17,18,23). The van der Waals surface area contributed by atoms with E-state index in [0.717, 1.165) is 5.01 Å². The molecule has 1 heterocycles. The Hall–Kier alpha value is -2.16. The molecule has 1 aromatic heterocycles. The Morgan fingerprint density at radius 2 is 2.04 bits per heavy atom. The number of carbonyl (C=O) groups excluding carboxylic acids is 2. The highest BCUT2D eigenvalue weighted by Crippen LogP contribution is 2.24. The first-order chi connectivity index (χ1) is 12.0. The third kappa shape index (κ3) is 6.00. The van der Waals surface area contributed by atoms with Gasteiger partial charge in [-0.3, -0.25) is 4.79 Å². The summed E-state index contributed by atoms with van der Waals surface area (Å²) in [5, 5.41) is 17.0. The number of carboxylic acid groups (broad SMARTS) is 1. The molecule has 1 fully saturated rings. The lowest BCUT2D eigenvalue weighted by Crippen LogP contribution is -2.44. The van der Waals surface area contributed by atoms with Crippen LogP contribution in [-0.2, 0) is 16.0 Å². The lowest BCUT2D eigenvalue weighted by molar-refractivity contribution is -0.142. The molecule has 0 bridgehead atoms. The van der Waals surface area contributed by atoms with Crippen LogP contribution in [0.15, 0.2) is 5.38 Å². The first-order valence-electron chi connectivity index (χ1n) is 8.38. The van der Waals surface area contributed by atoms with Crippen LogP contribution in [-0.4, -0.2) is 47.3 Å². The predicted molar refractivity (Wildman–Crippen MR) is 91.7 cm³/mol. The molecular formula is C16H23N3O5S. The van der Waals surface area contributed by atoms with Gasteiger partial charge in [0.05, 0.1) is 17.5 Å².